The monoisotopic (exact) mass is 318 g/mol. The average molecular weight is 318 g/mol. The molecule has 1 aromatic rings. The summed E-state index contributed by atoms with van der Waals surface area (Å²) >= 11 is 5.45. The van der Waals surface area contributed by atoms with E-state index in [0.717, 1.165) is 30.1 Å². The molecule has 6 heteroatoms. The molecule has 1 aliphatic carbocycles. The van der Waals surface area contributed by atoms with Crippen LogP contribution in [0.3, 0.4) is 0 Å². The van der Waals surface area contributed by atoms with Crippen molar-refractivity contribution in [2.45, 2.75) is 38.6 Å². The number of aromatic nitrogens is 1. The highest BCUT2D eigenvalue weighted by Crippen LogP contribution is 2.22. The number of hydrogen-bond donors (Lipinski definition) is 2. The van der Waals surface area contributed by atoms with Gasteiger partial charge in [-0.05, 0) is 56.5 Å². The normalized spacial score (nSPS) is 21.3. The van der Waals surface area contributed by atoms with Crippen molar-refractivity contribution >= 4 is 29.1 Å². The Morgan fingerprint density at radius 3 is 2.95 bits per heavy atom. The topological polar surface area (TPSA) is 57.3 Å². The fourth-order valence-corrected chi connectivity index (χ4v) is 3.04. The third-order valence-corrected chi connectivity index (χ3v) is 4.61. The quantitative estimate of drug-likeness (QED) is 0.836. The first kappa shape index (κ1) is 15.2. The van der Waals surface area contributed by atoms with Crippen LogP contribution in [0.25, 0.3) is 0 Å². The highest BCUT2D eigenvalue weighted by molar-refractivity contribution is 7.80. The van der Waals surface area contributed by atoms with Crippen molar-refractivity contribution in [2.75, 3.05) is 18.4 Å². The summed E-state index contributed by atoms with van der Waals surface area (Å²) in [6.07, 6.45) is 6.00. The van der Waals surface area contributed by atoms with Gasteiger partial charge >= 0.3 is 0 Å². The lowest BCUT2D eigenvalue weighted by Crippen LogP contribution is -2.48. The Hall–Kier alpha value is -1.69. The van der Waals surface area contributed by atoms with Gasteiger partial charge in [0.2, 0.25) is 5.91 Å². The van der Waals surface area contributed by atoms with E-state index in [-0.39, 0.29) is 11.8 Å². The van der Waals surface area contributed by atoms with E-state index in [1.165, 1.54) is 12.8 Å². The highest BCUT2D eigenvalue weighted by atomic mass is 32.1. The van der Waals surface area contributed by atoms with Crippen LogP contribution in [0.1, 0.15) is 31.2 Å². The van der Waals surface area contributed by atoms with E-state index in [1.807, 2.05) is 19.1 Å². The van der Waals surface area contributed by atoms with Gasteiger partial charge in [-0.3, -0.25) is 4.79 Å². The van der Waals surface area contributed by atoms with Crippen molar-refractivity contribution < 1.29 is 4.79 Å². The first-order valence-electron chi connectivity index (χ1n) is 7.91. The second-order valence-corrected chi connectivity index (χ2v) is 6.55. The first-order valence-corrected chi connectivity index (χ1v) is 8.32. The van der Waals surface area contributed by atoms with Crippen molar-refractivity contribution in [1.82, 2.24) is 15.2 Å². The number of pyridine rings is 1. The maximum Gasteiger partial charge on any atom is 0.230 e. The SMILES string of the molecule is Cc1cccnc1NC(=O)[C@H]1CCCN(C(=S)NC2CC2)C1. The predicted octanol–water partition coefficient (Wildman–Crippen LogP) is 2.08. The van der Waals surface area contributed by atoms with Crippen molar-refractivity contribution in [3.8, 4) is 0 Å². The summed E-state index contributed by atoms with van der Waals surface area (Å²) in [6, 6.07) is 4.37. The zero-order valence-electron chi connectivity index (χ0n) is 12.8. The number of nitrogens with one attached hydrogen (secondary N) is 2. The third-order valence-electron chi connectivity index (χ3n) is 4.24. The van der Waals surface area contributed by atoms with Crippen LogP contribution < -0.4 is 10.6 Å². The van der Waals surface area contributed by atoms with Crippen LogP contribution in [0.4, 0.5) is 5.82 Å². The van der Waals surface area contributed by atoms with Gasteiger partial charge in [0.05, 0.1) is 5.92 Å². The molecule has 0 unspecified atom stereocenters. The van der Waals surface area contributed by atoms with Gasteiger partial charge in [0.1, 0.15) is 5.82 Å². The standard InChI is InChI=1S/C16H22N4OS/c1-11-4-2-8-17-14(11)19-15(21)12-5-3-9-20(10-12)16(22)18-13-6-7-13/h2,4,8,12-13H,3,5-7,9-10H2,1H3,(H,18,22)(H,17,19,21)/t12-/m0/s1. The van der Waals surface area contributed by atoms with Gasteiger partial charge in [-0.15, -0.1) is 0 Å². The number of piperidine rings is 1. The van der Waals surface area contributed by atoms with E-state index in [1.54, 1.807) is 6.20 Å². The summed E-state index contributed by atoms with van der Waals surface area (Å²) in [5.41, 5.74) is 0.981. The first-order chi connectivity index (χ1) is 10.6. The molecular formula is C16H22N4OS. The molecule has 1 saturated carbocycles. The molecule has 1 saturated heterocycles. The Balaban J connectivity index is 1.57. The lowest BCUT2D eigenvalue weighted by Gasteiger charge is -2.34. The molecule has 2 aliphatic rings. The number of rotatable bonds is 3. The van der Waals surface area contributed by atoms with Gasteiger partial charge < -0.3 is 15.5 Å². The maximum absolute atomic E-state index is 12.5. The van der Waals surface area contributed by atoms with Crippen LogP contribution in [0.2, 0.25) is 0 Å². The number of nitrogens with zero attached hydrogens (tertiary/aromatic N) is 2. The summed E-state index contributed by atoms with van der Waals surface area (Å²) < 4.78 is 0. The summed E-state index contributed by atoms with van der Waals surface area (Å²) in [5, 5.41) is 7.11. The summed E-state index contributed by atoms with van der Waals surface area (Å²) in [5.74, 6) is 0.665. The summed E-state index contributed by atoms with van der Waals surface area (Å²) in [7, 11) is 0. The number of likely N-dealkylation sites (tertiary alicyclic amines) is 1. The molecular weight excluding hydrogens is 296 g/mol. The van der Waals surface area contributed by atoms with Gasteiger partial charge in [0.15, 0.2) is 5.11 Å². The van der Waals surface area contributed by atoms with Crippen LogP contribution in [-0.2, 0) is 4.79 Å². The summed E-state index contributed by atoms with van der Waals surface area (Å²) in [4.78, 5) is 18.8. The molecule has 2 N–H and O–H groups in total. The Kier molecular flexibility index (Phi) is 4.57. The van der Waals surface area contributed by atoms with Gasteiger partial charge in [0.25, 0.3) is 0 Å². The molecule has 0 bridgehead atoms. The van der Waals surface area contributed by atoms with Crippen LogP contribution in [0.5, 0.6) is 0 Å². The van der Waals surface area contributed by atoms with Crippen LogP contribution in [0, 0.1) is 12.8 Å². The number of carbonyl (C=O) groups excluding carboxylic acids is 1. The second-order valence-electron chi connectivity index (χ2n) is 6.17. The molecule has 3 rings (SSSR count). The Labute approximate surface area is 136 Å². The number of aryl methyl sites for hydroxylation is 1. The predicted molar refractivity (Wildman–Crippen MR) is 90.7 cm³/mol. The largest absolute Gasteiger partial charge is 0.360 e. The number of hydrogen-bond acceptors (Lipinski definition) is 3. The number of amides is 1. The van der Waals surface area contributed by atoms with Gasteiger partial charge in [-0.25, -0.2) is 4.98 Å². The fraction of sp³-hybridized carbons (Fsp3) is 0.562. The minimum Gasteiger partial charge on any atom is -0.360 e. The molecule has 2 heterocycles. The molecule has 118 valence electrons. The zero-order valence-corrected chi connectivity index (χ0v) is 13.7. The van der Waals surface area contributed by atoms with E-state index in [9.17, 15) is 4.79 Å². The Morgan fingerprint density at radius 2 is 2.23 bits per heavy atom. The van der Waals surface area contributed by atoms with E-state index in [4.69, 9.17) is 12.2 Å². The summed E-state index contributed by atoms with van der Waals surface area (Å²) in [6.45, 7) is 3.58. The molecule has 1 amide bonds. The highest BCUT2D eigenvalue weighted by Gasteiger charge is 2.29. The lowest BCUT2D eigenvalue weighted by atomic mass is 9.97. The average Bonchev–Trinajstić information content (AvgIpc) is 3.33. The molecule has 1 aromatic heterocycles. The minimum absolute atomic E-state index is 0.0332. The van der Waals surface area contributed by atoms with Crippen LogP contribution >= 0.6 is 12.2 Å². The number of anilines is 1. The van der Waals surface area contributed by atoms with E-state index >= 15 is 0 Å². The molecule has 2 fully saturated rings. The van der Waals surface area contributed by atoms with Crippen molar-refractivity contribution in [1.29, 1.82) is 0 Å². The van der Waals surface area contributed by atoms with Gasteiger partial charge in [-0.1, -0.05) is 6.07 Å². The zero-order chi connectivity index (χ0) is 15.5. The Morgan fingerprint density at radius 1 is 1.41 bits per heavy atom. The van der Waals surface area contributed by atoms with Gasteiger partial charge in [0, 0.05) is 25.3 Å². The molecule has 0 radical (unpaired) electrons. The molecule has 22 heavy (non-hydrogen) atoms. The maximum atomic E-state index is 12.5. The molecule has 1 atom stereocenters. The van der Waals surface area contributed by atoms with E-state index in [2.05, 4.69) is 20.5 Å². The van der Waals surface area contributed by atoms with Gasteiger partial charge in [-0.2, -0.15) is 0 Å². The smallest absolute Gasteiger partial charge is 0.230 e. The molecule has 5 nitrogen and oxygen atoms in total. The van der Waals surface area contributed by atoms with Crippen LogP contribution in [-0.4, -0.2) is 40.0 Å². The minimum atomic E-state index is -0.0332. The van der Waals surface area contributed by atoms with Crippen molar-refractivity contribution in [3.05, 3.63) is 23.9 Å². The molecule has 0 aromatic carbocycles. The second kappa shape index (κ2) is 6.60. The third kappa shape index (κ3) is 3.74. The van der Waals surface area contributed by atoms with E-state index in [0.29, 0.717) is 18.4 Å². The van der Waals surface area contributed by atoms with Crippen molar-refractivity contribution in [3.63, 3.8) is 0 Å². The lowest BCUT2D eigenvalue weighted by molar-refractivity contribution is -0.121. The van der Waals surface area contributed by atoms with Crippen LogP contribution in [0.15, 0.2) is 18.3 Å². The fourth-order valence-electron chi connectivity index (χ4n) is 2.70. The molecule has 0 spiro atoms. The number of thiocarbonyl (C=S) groups is 1. The van der Waals surface area contributed by atoms with E-state index < -0.39 is 0 Å². The Bertz CT molecular complexity index is 573. The molecule has 1 aliphatic heterocycles. The number of carbonyl (C=O) groups is 1. The van der Waals surface area contributed by atoms with Crippen molar-refractivity contribution in [2.24, 2.45) is 5.92 Å².